The molecule has 0 aliphatic carbocycles. The molecule has 0 bridgehead atoms. The fourth-order valence-corrected chi connectivity index (χ4v) is 3.47. The lowest BCUT2D eigenvalue weighted by atomic mass is 10.1. The highest BCUT2D eigenvalue weighted by atomic mass is 16.6. The lowest BCUT2D eigenvalue weighted by molar-refractivity contribution is -0.119. The second-order valence-electron chi connectivity index (χ2n) is 9.33. The van der Waals surface area contributed by atoms with Crippen molar-refractivity contribution < 1.29 is 14.3 Å². The number of carbonyl (C=O) groups is 2. The van der Waals surface area contributed by atoms with Gasteiger partial charge in [0.15, 0.2) is 0 Å². The summed E-state index contributed by atoms with van der Waals surface area (Å²) in [5.41, 5.74) is 1.04. The van der Waals surface area contributed by atoms with E-state index in [4.69, 9.17) is 4.74 Å². The van der Waals surface area contributed by atoms with Crippen molar-refractivity contribution in [3.8, 4) is 0 Å². The zero-order valence-electron chi connectivity index (χ0n) is 17.6. The van der Waals surface area contributed by atoms with Crippen molar-refractivity contribution in [2.75, 3.05) is 18.4 Å². The van der Waals surface area contributed by atoms with Crippen molar-refractivity contribution in [3.63, 3.8) is 0 Å². The molecule has 152 valence electrons. The molecule has 1 N–H and O–H groups in total. The topological polar surface area (TPSA) is 76.5 Å². The lowest BCUT2D eigenvalue weighted by Gasteiger charge is -2.25. The number of rotatable bonds is 2. The van der Waals surface area contributed by atoms with E-state index in [2.05, 4.69) is 31.1 Å². The summed E-state index contributed by atoms with van der Waals surface area (Å²) in [6.07, 6.45) is 0.241. The summed E-state index contributed by atoms with van der Waals surface area (Å²) in [5.74, 6) is 0.141. The highest BCUT2D eigenvalue weighted by molar-refractivity contribution is 5.94. The monoisotopic (exact) mass is 386 g/mol. The average Bonchev–Trinajstić information content (AvgIpc) is 3.17. The van der Waals surface area contributed by atoms with Gasteiger partial charge in [-0.15, -0.1) is 0 Å². The molecule has 2 amide bonds. The number of para-hydroxylation sites is 2. The Morgan fingerprint density at radius 1 is 1.14 bits per heavy atom. The minimum Gasteiger partial charge on any atom is -0.444 e. The fourth-order valence-electron chi connectivity index (χ4n) is 3.47. The molecule has 1 fully saturated rings. The molecule has 1 aliphatic heterocycles. The molecule has 1 aromatic heterocycles. The van der Waals surface area contributed by atoms with E-state index in [9.17, 15) is 9.59 Å². The Hall–Kier alpha value is -2.57. The Balaban J connectivity index is 1.75. The number of hydrogen-bond donors (Lipinski definition) is 1. The Bertz CT molecular complexity index is 889. The molecule has 1 unspecified atom stereocenters. The van der Waals surface area contributed by atoms with Gasteiger partial charge in [0.2, 0.25) is 11.9 Å². The largest absolute Gasteiger partial charge is 0.444 e. The van der Waals surface area contributed by atoms with Gasteiger partial charge >= 0.3 is 6.09 Å². The van der Waals surface area contributed by atoms with E-state index in [0.29, 0.717) is 25.5 Å². The van der Waals surface area contributed by atoms with Crippen LogP contribution in [0.3, 0.4) is 0 Å². The number of imidazole rings is 1. The Morgan fingerprint density at radius 3 is 2.46 bits per heavy atom. The number of amides is 2. The van der Waals surface area contributed by atoms with Crippen molar-refractivity contribution in [1.82, 2.24) is 14.5 Å². The number of carbonyl (C=O) groups excluding carboxylic acids is 2. The van der Waals surface area contributed by atoms with Crippen LogP contribution in [-0.2, 0) is 15.1 Å². The van der Waals surface area contributed by atoms with E-state index in [0.717, 1.165) is 11.0 Å². The van der Waals surface area contributed by atoms with Crippen LogP contribution in [0.4, 0.5) is 10.7 Å². The molecule has 0 saturated carbocycles. The van der Waals surface area contributed by atoms with Gasteiger partial charge in [-0.05, 0) is 60.1 Å². The molecule has 7 heteroatoms. The molecule has 1 atom stereocenters. The fraction of sp³-hybridized carbons (Fsp3) is 0.571. The molecule has 1 aromatic carbocycles. The van der Waals surface area contributed by atoms with Crippen LogP contribution in [0, 0.1) is 5.92 Å². The maximum absolute atomic E-state index is 12.9. The highest BCUT2D eigenvalue weighted by Gasteiger charge is 2.34. The van der Waals surface area contributed by atoms with Gasteiger partial charge in [-0.2, -0.15) is 0 Å². The van der Waals surface area contributed by atoms with Crippen LogP contribution >= 0.6 is 0 Å². The van der Waals surface area contributed by atoms with Crippen LogP contribution in [0.5, 0.6) is 0 Å². The average molecular weight is 386 g/mol. The number of benzene rings is 1. The normalized spacial score (nSPS) is 17.8. The number of anilines is 1. The van der Waals surface area contributed by atoms with E-state index in [1.807, 2.05) is 49.6 Å². The predicted octanol–water partition coefficient (Wildman–Crippen LogP) is 3.99. The molecule has 3 rings (SSSR count). The van der Waals surface area contributed by atoms with Gasteiger partial charge in [0, 0.05) is 18.6 Å². The van der Waals surface area contributed by atoms with Gasteiger partial charge in [-0.3, -0.25) is 10.1 Å². The summed E-state index contributed by atoms with van der Waals surface area (Å²) in [6.45, 7) is 12.6. The summed E-state index contributed by atoms with van der Waals surface area (Å²) in [5, 5.41) is 2.99. The second-order valence-corrected chi connectivity index (χ2v) is 9.33. The smallest absolute Gasteiger partial charge is 0.410 e. The summed E-state index contributed by atoms with van der Waals surface area (Å²) in [7, 11) is 0. The van der Waals surface area contributed by atoms with Crippen LogP contribution in [0.15, 0.2) is 24.3 Å². The summed E-state index contributed by atoms with van der Waals surface area (Å²) < 4.78 is 7.45. The van der Waals surface area contributed by atoms with E-state index in [-0.39, 0.29) is 23.5 Å². The lowest BCUT2D eigenvalue weighted by Crippen LogP contribution is -2.36. The molecular formula is C21H30N4O3. The third-order valence-electron chi connectivity index (χ3n) is 4.68. The number of fused-ring (bicyclic) bond motifs is 1. The minimum atomic E-state index is -0.547. The maximum atomic E-state index is 12.9. The molecular weight excluding hydrogens is 356 g/mol. The first-order chi connectivity index (χ1) is 13.0. The SMILES string of the molecule is CC(C)(C)OC(=O)N1CCC(C(=O)Nc2nc3ccccc3n2C(C)(C)C)C1. The Kier molecular flexibility index (Phi) is 5.12. The molecule has 28 heavy (non-hydrogen) atoms. The van der Waals surface area contributed by atoms with Gasteiger partial charge in [-0.25, -0.2) is 9.78 Å². The first kappa shape index (κ1) is 20.2. The Morgan fingerprint density at radius 2 is 1.82 bits per heavy atom. The molecule has 2 heterocycles. The molecule has 2 aromatic rings. The van der Waals surface area contributed by atoms with E-state index < -0.39 is 5.60 Å². The summed E-state index contributed by atoms with van der Waals surface area (Å²) in [4.78, 5) is 31.3. The summed E-state index contributed by atoms with van der Waals surface area (Å²) in [6, 6.07) is 7.84. The number of hydrogen-bond acceptors (Lipinski definition) is 4. The van der Waals surface area contributed by atoms with E-state index in [1.54, 1.807) is 4.90 Å². The molecule has 7 nitrogen and oxygen atoms in total. The zero-order valence-corrected chi connectivity index (χ0v) is 17.6. The quantitative estimate of drug-likeness (QED) is 0.847. The van der Waals surface area contributed by atoms with Crippen LogP contribution in [0.2, 0.25) is 0 Å². The van der Waals surface area contributed by atoms with Crippen LogP contribution in [0.25, 0.3) is 11.0 Å². The number of aromatic nitrogens is 2. The maximum Gasteiger partial charge on any atom is 0.410 e. The van der Waals surface area contributed by atoms with Gasteiger partial charge in [0.05, 0.1) is 17.0 Å². The van der Waals surface area contributed by atoms with Gasteiger partial charge in [-0.1, -0.05) is 12.1 Å². The molecule has 0 radical (unpaired) electrons. The standard InChI is InChI=1S/C21H30N4O3/c1-20(2,3)25-16-10-8-7-9-15(16)22-18(25)23-17(26)14-11-12-24(13-14)19(27)28-21(4,5)6/h7-10,14H,11-13H2,1-6H3,(H,22,23,26). The first-order valence-electron chi connectivity index (χ1n) is 9.72. The zero-order chi connectivity index (χ0) is 20.7. The van der Waals surface area contributed by atoms with Crippen molar-refractivity contribution >= 4 is 29.0 Å². The van der Waals surface area contributed by atoms with Crippen molar-refractivity contribution in [2.24, 2.45) is 5.92 Å². The first-order valence-corrected chi connectivity index (χ1v) is 9.72. The summed E-state index contributed by atoms with van der Waals surface area (Å²) >= 11 is 0. The molecule has 1 aliphatic rings. The minimum absolute atomic E-state index is 0.119. The van der Waals surface area contributed by atoms with Crippen molar-refractivity contribution in [1.29, 1.82) is 0 Å². The van der Waals surface area contributed by atoms with Crippen molar-refractivity contribution in [2.45, 2.75) is 59.1 Å². The predicted molar refractivity (Wildman–Crippen MR) is 109 cm³/mol. The van der Waals surface area contributed by atoms with Gasteiger partial charge in [0.1, 0.15) is 5.60 Å². The number of nitrogens with zero attached hydrogens (tertiary/aromatic N) is 3. The number of nitrogens with one attached hydrogen (secondary N) is 1. The van der Waals surface area contributed by atoms with E-state index in [1.165, 1.54) is 0 Å². The molecule has 1 saturated heterocycles. The third-order valence-corrected chi connectivity index (χ3v) is 4.68. The van der Waals surface area contributed by atoms with Crippen LogP contribution in [-0.4, -0.2) is 45.1 Å². The van der Waals surface area contributed by atoms with Crippen LogP contribution < -0.4 is 5.32 Å². The Labute approximate surface area is 166 Å². The van der Waals surface area contributed by atoms with E-state index >= 15 is 0 Å². The van der Waals surface area contributed by atoms with Gasteiger partial charge < -0.3 is 14.2 Å². The number of likely N-dealkylation sites (tertiary alicyclic amines) is 1. The second kappa shape index (κ2) is 7.11. The highest BCUT2D eigenvalue weighted by Crippen LogP contribution is 2.29. The number of ether oxygens (including phenoxy) is 1. The third kappa shape index (κ3) is 4.29. The molecule has 0 spiro atoms. The van der Waals surface area contributed by atoms with Crippen molar-refractivity contribution in [3.05, 3.63) is 24.3 Å². The van der Waals surface area contributed by atoms with Gasteiger partial charge in [0.25, 0.3) is 0 Å². The van der Waals surface area contributed by atoms with Crippen LogP contribution in [0.1, 0.15) is 48.0 Å².